The third-order valence-electron chi connectivity index (χ3n) is 3.84. The Bertz CT molecular complexity index is 334. The summed E-state index contributed by atoms with van der Waals surface area (Å²) in [6, 6.07) is 11.9. The van der Waals surface area contributed by atoms with Gasteiger partial charge in [0.15, 0.2) is 0 Å². The van der Waals surface area contributed by atoms with E-state index in [0.29, 0.717) is 12.1 Å². The summed E-state index contributed by atoms with van der Waals surface area (Å²) in [6.07, 6.45) is 2.50. The molecule has 94 valence electrons. The number of nitrogens with zero attached hydrogens (tertiary/aromatic N) is 1. The Labute approximate surface area is 105 Å². The fourth-order valence-electron chi connectivity index (χ4n) is 2.80. The first kappa shape index (κ1) is 12.4. The molecule has 1 aromatic carbocycles. The summed E-state index contributed by atoms with van der Waals surface area (Å²) in [4.78, 5) is 2.51. The maximum Gasteiger partial charge on any atom is 0.0342 e. The van der Waals surface area contributed by atoms with Gasteiger partial charge in [-0.3, -0.25) is 0 Å². The summed E-state index contributed by atoms with van der Waals surface area (Å²) < 4.78 is 0. The minimum Gasteiger partial charge on any atom is -0.382 e. The van der Waals surface area contributed by atoms with Crippen LogP contribution in [0.2, 0.25) is 0 Å². The van der Waals surface area contributed by atoms with Crippen molar-refractivity contribution in [2.45, 2.75) is 38.8 Å². The van der Waals surface area contributed by atoms with E-state index in [9.17, 15) is 0 Å². The fraction of sp³-hybridized carbons (Fsp3) is 0.600. The number of likely N-dealkylation sites (tertiary alicyclic amines) is 1. The molecule has 0 aliphatic carbocycles. The molecule has 1 saturated heterocycles. The number of para-hydroxylation sites is 1. The SMILES string of the molecule is CC(C)[C@H]1C[C@@H](Nc2ccccc2)CCN1C. The highest BCUT2D eigenvalue weighted by molar-refractivity contribution is 5.43. The van der Waals surface area contributed by atoms with Gasteiger partial charge in [-0.2, -0.15) is 0 Å². The quantitative estimate of drug-likeness (QED) is 0.861. The van der Waals surface area contributed by atoms with Crippen LogP contribution in [-0.2, 0) is 0 Å². The molecule has 1 heterocycles. The summed E-state index contributed by atoms with van der Waals surface area (Å²) in [5, 5.41) is 3.66. The maximum absolute atomic E-state index is 3.66. The van der Waals surface area contributed by atoms with Crippen LogP contribution in [0.4, 0.5) is 5.69 Å². The Morgan fingerprint density at radius 2 is 1.94 bits per heavy atom. The zero-order chi connectivity index (χ0) is 12.3. The van der Waals surface area contributed by atoms with Crippen molar-refractivity contribution in [3.8, 4) is 0 Å². The molecule has 2 heteroatoms. The lowest BCUT2D eigenvalue weighted by Crippen LogP contribution is -2.46. The summed E-state index contributed by atoms with van der Waals surface area (Å²) >= 11 is 0. The standard InChI is InChI=1S/C15H24N2/c1-12(2)15-11-14(9-10-17(15)3)16-13-7-5-4-6-8-13/h4-8,12,14-16H,9-11H2,1-3H3/t14-,15+/m0/s1. The summed E-state index contributed by atoms with van der Waals surface area (Å²) in [6.45, 7) is 5.85. The zero-order valence-electron chi connectivity index (χ0n) is 11.2. The van der Waals surface area contributed by atoms with Crippen molar-refractivity contribution in [1.82, 2.24) is 4.90 Å². The normalized spacial score (nSPS) is 26.1. The Morgan fingerprint density at radius 1 is 1.24 bits per heavy atom. The first-order valence-corrected chi connectivity index (χ1v) is 6.68. The molecule has 0 amide bonds. The molecule has 0 unspecified atom stereocenters. The number of piperidine rings is 1. The van der Waals surface area contributed by atoms with E-state index in [-0.39, 0.29) is 0 Å². The number of hydrogen-bond acceptors (Lipinski definition) is 2. The number of rotatable bonds is 3. The molecule has 1 fully saturated rings. The van der Waals surface area contributed by atoms with E-state index >= 15 is 0 Å². The summed E-state index contributed by atoms with van der Waals surface area (Å²) in [5.41, 5.74) is 1.25. The second-order valence-corrected chi connectivity index (χ2v) is 5.52. The van der Waals surface area contributed by atoms with E-state index in [1.165, 1.54) is 25.1 Å². The lowest BCUT2D eigenvalue weighted by atomic mass is 9.90. The molecule has 1 aromatic rings. The molecule has 17 heavy (non-hydrogen) atoms. The summed E-state index contributed by atoms with van der Waals surface area (Å²) in [5.74, 6) is 0.736. The highest BCUT2D eigenvalue weighted by atomic mass is 15.2. The molecule has 2 nitrogen and oxygen atoms in total. The van der Waals surface area contributed by atoms with E-state index in [1.807, 2.05) is 0 Å². The second-order valence-electron chi connectivity index (χ2n) is 5.52. The van der Waals surface area contributed by atoms with Crippen molar-refractivity contribution < 1.29 is 0 Å². The lowest BCUT2D eigenvalue weighted by molar-refractivity contribution is 0.136. The van der Waals surface area contributed by atoms with Crippen LogP contribution in [0, 0.1) is 5.92 Å². The molecule has 0 bridgehead atoms. The van der Waals surface area contributed by atoms with Gasteiger partial charge in [0.05, 0.1) is 0 Å². The predicted octanol–water partition coefficient (Wildman–Crippen LogP) is 3.22. The second kappa shape index (κ2) is 5.54. The Kier molecular flexibility index (Phi) is 4.06. The smallest absolute Gasteiger partial charge is 0.0342 e. The van der Waals surface area contributed by atoms with Gasteiger partial charge in [0.25, 0.3) is 0 Å². The topological polar surface area (TPSA) is 15.3 Å². The van der Waals surface area contributed by atoms with Crippen molar-refractivity contribution in [3.63, 3.8) is 0 Å². The molecule has 0 saturated carbocycles. The minimum atomic E-state index is 0.626. The van der Waals surface area contributed by atoms with E-state index in [1.54, 1.807) is 0 Å². The third-order valence-corrected chi connectivity index (χ3v) is 3.84. The first-order chi connectivity index (χ1) is 8.16. The molecular weight excluding hydrogens is 208 g/mol. The Balaban J connectivity index is 1.95. The fourth-order valence-corrected chi connectivity index (χ4v) is 2.80. The number of nitrogens with one attached hydrogen (secondary N) is 1. The highest BCUT2D eigenvalue weighted by Gasteiger charge is 2.27. The van der Waals surface area contributed by atoms with Crippen LogP contribution in [0.5, 0.6) is 0 Å². The van der Waals surface area contributed by atoms with Crippen LogP contribution >= 0.6 is 0 Å². The molecule has 0 radical (unpaired) electrons. The monoisotopic (exact) mass is 232 g/mol. The van der Waals surface area contributed by atoms with Crippen LogP contribution in [0.1, 0.15) is 26.7 Å². The zero-order valence-corrected chi connectivity index (χ0v) is 11.2. The molecule has 2 atom stereocenters. The molecule has 1 aliphatic heterocycles. The first-order valence-electron chi connectivity index (χ1n) is 6.68. The van der Waals surface area contributed by atoms with Crippen LogP contribution in [0.15, 0.2) is 30.3 Å². The molecule has 1 N–H and O–H groups in total. The van der Waals surface area contributed by atoms with Gasteiger partial charge in [-0.1, -0.05) is 32.0 Å². The molecule has 0 spiro atoms. The lowest BCUT2D eigenvalue weighted by Gasteiger charge is -2.40. The highest BCUT2D eigenvalue weighted by Crippen LogP contribution is 2.24. The van der Waals surface area contributed by atoms with Crippen molar-refractivity contribution in [2.24, 2.45) is 5.92 Å². The third kappa shape index (κ3) is 3.22. The average molecular weight is 232 g/mol. The average Bonchev–Trinajstić information content (AvgIpc) is 2.32. The van der Waals surface area contributed by atoms with E-state index < -0.39 is 0 Å². The van der Waals surface area contributed by atoms with E-state index in [0.717, 1.165) is 5.92 Å². The van der Waals surface area contributed by atoms with E-state index in [4.69, 9.17) is 0 Å². The van der Waals surface area contributed by atoms with Crippen LogP contribution in [-0.4, -0.2) is 30.6 Å². The van der Waals surface area contributed by atoms with Gasteiger partial charge < -0.3 is 10.2 Å². The van der Waals surface area contributed by atoms with Gasteiger partial charge in [-0.05, 0) is 37.9 Å². The van der Waals surface area contributed by atoms with Crippen LogP contribution < -0.4 is 5.32 Å². The maximum atomic E-state index is 3.66. The number of benzene rings is 1. The van der Waals surface area contributed by atoms with E-state index in [2.05, 4.69) is 61.4 Å². The molecule has 0 aromatic heterocycles. The van der Waals surface area contributed by atoms with Gasteiger partial charge in [0.1, 0.15) is 0 Å². The van der Waals surface area contributed by atoms with Gasteiger partial charge >= 0.3 is 0 Å². The Morgan fingerprint density at radius 3 is 2.59 bits per heavy atom. The predicted molar refractivity (Wildman–Crippen MR) is 74.3 cm³/mol. The molecule has 1 aliphatic rings. The van der Waals surface area contributed by atoms with Crippen molar-refractivity contribution in [3.05, 3.63) is 30.3 Å². The largest absolute Gasteiger partial charge is 0.382 e. The van der Waals surface area contributed by atoms with Crippen molar-refractivity contribution in [1.29, 1.82) is 0 Å². The number of hydrogen-bond donors (Lipinski definition) is 1. The van der Waals surface area contributed by atoms with Gasteiger partial charge in [-0.15, -0.1) is 0 Å². The number of anilines is 1. The van der Waals surface area contributed by atoms with Gasteiger partial charge in [0.2, 0.25) is 0 Å². The Hall–Kier alpha value is -1.02. The van der Waals surface area contributed by atoms with Crippen molar-refractivity contribution in [2.75, 3.05) is 18.9 Å². The minimum absolute atomic E-state index is 0.626. The summed E-state index contributed by atoms with van der Waals surface area (Å²) in [7, 11) is 2.25. The van der Waals surface area contributed by atoms with Crippen LogP contribution in [0.25, 0.3) is 0 Å². The molecule has 2 rings (SSSR count). The van der Waals surface area contributed by atoms with Crippen molar-refractivity contribution >= 4 is 5.69 Å². The van der Waals surface area contributed by atoms with Crippen LogP contribution in [0.3, 0.4) is 0 Å². The van der Waals surface area contributed by atoms with Gasteiger partial charge in [0, 0.05) is 24.3 Å². The molecular formula is C15H24N2. The van der Waals surface area contributed by atoms with Gasteiger partial charge in [-0.25, -0.2) is 0 Å².